The van der Waals surface area contributed by atoms with Crippen LogP contribution in [-0.2, 0) is 4.74 Å². The topological polar surface area (TPSA) is 21.3 Å². The van der Waals surface area contributed by atoms with Crippen LogP contribution in [0.2, 0.25) is 5.02 Å². The zero-order valence-corrected chi connectivity index (χ0v) is 14.3. The van der Waals surface area contributed by atoms with E-state index in [1.165, 1.54) is 30.4 Å². The summed E-state index contributed by atoms with van der Waals surface area (Å²) in [5, 5.41) is 4.49. The van der Waals surface area contributed by atoms with Crippen LogP contribution in [0.25, 0.3) is 0 Å². The van der Waals surface area contributed by atoms with Crippen LogP contribution in [-0.4, -0.2) is 19.3 Å². The zero-order valence-electron chi connectivity index (χ0n) is 13.5. The molecule has 0 spiro atoms. The second-order valence-electron chi connectivity index (χ2n) is 6.13. The Hall–Kier alpha value is -0.570. The second kappa shape index (κ2) is 8.17. The van der Waals surface area contributed by atoms with Gasteiger partial charge in [-0.05, 0) is 75.3 Å². The van der Waals surface area contributed by atoms with E-state index in [4.69, 9.17) is 16.3 Å². The summed E-state index contributed by atoms with van der Waals surface area (Å²) in [6.07, 6.45) is 6.48. The summed E-state index contributed by atoms with van der Waals surface area (Å²) < 4.78 is 5.87. The maximum atomic E-state index is 6.23. The fraction of sp³-hybridized carbons (Fsp3) is 0.667. The molecule has 21 heavy (non-hydrogen) atoms. The minimum atomic E-state index is 0.400. The lowest BCUT2D eigenvalue weighted by Gasteiger charge is -2.26. The number of hydrogen-bond donors (Lipinski definition) is 1. The van der Waals surface area contributed by atoms with Crippen LogP contribution in [0.3, 0.4) is 0 Å². The van der Waals surface area contributed by atoms with Crippen LogP contribution in [0.1, 0.15) is 61.8 Å². The molecule has 0 bridgehead atoms. The van der Waals surface area contributed by atoms with Crippen LogP contribution in [0, 0.1) is 13.8 Å². The zero-order chi connectivity index (χ0) is 15.2. The molecule has 1 aromatic rings. The molecule has 0 radical (unpaired) electrons. The first-order valence-electron chi connectivity index (χ1n) is 8.23. The van der Waals surface area contributed by atoms with Gasteiger partial charge < -0.3 is 10.1 Å². The first-order valence-corrected chi connectivity index (χ1v) is 8.61. The smallest absolute Gasteiger partial charge is 0.0575 e. The van der Waals surface area contributed by atoms with Crippen molar-refractivity contribution < 1.29 is 4.74 Å². The van der Waals surface area contributed by atoms with Gasteiger partial charge >= 0.3 is 0 Å². The lowest BCUT2D eigenvalue weighted by Crippen LogP contribution is -2.25. The number of ether oxygens (including phenoxy) is 1. The monoisotopic (exact) mass is 309 g/mol. The summed E-state index contributed by atoms with van der Waals surface area (Å²) in [7, 11) is 0. The Morgan fingerprint density at radius 3 is 2.76 bits per heavy atom. The molecule has 2 nitrogen and oxygen atoms in total. The Bertz CT molecular complexity index is 455. The normalized spacial score (nSPS) is 20.5. The molecule has 1 heterocycles. The van der Waals surface area contributed by atoms with E-state index < -0.39 is 0 Å². The highest BCUT2D eigenvalue weighted by atomic mass is 35.5. The molecule has 2 unspecified atom stereocenters. The molecule has 1 aliphatic rings. The first kappa shape index (κ1) is 16.8. The van der Waals surface area contributed by atoms with Gasteiger partial charge in [0.25, 0.3) is 0 Å². The summed E-state index contributed by atoms with van der Waals surface area (Å²) >= 11 is 6.23. The fourth-order valence-corrected chi connectivity index (χ4v) is 3.40. The van der Waals surface area contributed by atoms with Crippen molar-refractivity contribution in [3.05, 3.63) is 33.8 Å². The summed E-state index contributed by atoms with van der Waals surface area (Å²) in [6, 6.07) is 4.73. The van der Waals surface area contributed by atoms with E-state index in [-0.39, 0.29) is 0 Å². The maximum absolute atomic E-state index is 6.23. The molecule has 1 aromatic carbocycles. The van der Waals surface area contributed by atoms with Gasteiger partial charge in [0.15, 0.2) is 0 Å². The van der Waals surface area contributed by atoms with Crippen molar-refractivity contribution in [2.45, 2.75) is 65.0 Å². The molecule has 2 atom stereocenters. The molecule has 0 aliphatic carbocycles. The fourth-order valence-electron chi connectivity index (χ4n) is 3.18. The van der Waals surface area contributed by atoms with E-state index in [1.807, 2.05) is 0 Å². The molecule has 2 rings (SSSR count). The average Bonchev–Trinajstić information content (AvgIpc) is 2.48. The largest absolute Gasteiger partial charge is 0.378 e. The molecule has 1 N–H and O–H groups in total. The SMILES string of the molecule is CCNC(CCC1CCCCO1)c1cc(C)c(Cl)cc1C. The molecule has 0 saturated carbocycles. The van der Waals surface area contributed by atoms with Crippen LogP contribution < -0.4 is 5.32 Å². The van der Waals surface area contributed by atoms with Crippen LogP contribution >= 0.6 is 11.6 Å². The Kier molecular flexibility index (Phi) is 6.53. The van der Waals surface area contributed by atoms with Crippen molar-refractivity contribution in [1.82, 2.24) is 5.32 Å². The van der Waals surface area contributed by atoms with Crippen molar-refractivity contribution in [3.8, 4) is 0 Å². The maximum Gasteiger partial charge on any atom is 0.0575 e. The Morgan fingerprint density at radius 2 is 2.10 bits per heavy atom. The van der Waals surface area contributed by atoms with Crippen LogP contribution in [0.15, 0.2) is 12.1 Å². The Labute approximate surface area is 134 Å². The van der Waals surface area contributed by atoms with Gasteiger partial charge in [0.1, 0.15) is 0 Å². The first-order chi connectivity index (χ1) is 10.1. The minimum absolute atomic E-state index is 0.400. The van der Waals surface area contributed by atoms with Gasteiger partial charge in [-0.1, -0.05) is 24.6 Å². The third-order valence-corrected chi connectivity index (χ3v) is 4.83. The average molecular weight is 310 g/mol. The molecule has 3 heteroatoms. The summed E-state index contributed by atoms with van der Waals surface area (Å²) in [4.78, 5) is 0. The van der Waals surface area contributed by atoms with Crippen molar-refractivity contribution >= 4 is 11.6 Å². The molecule has 0 aromatic heterocycles. The number of hydrogen-bond acceptors (Lipinski definition) is 2. The van der Waals surface area contributed by atoms with Gasteiger partial charge in [0.05, 0.1) is 6.10 Å². The van der Waals surface area contributed by atoms with Gasteiger partial charge in [-0.3, -0.25) is 0 Å². The lowest BCUT2D eigenvalue weighted by atomic mass is 9.93. The third kappa shape index (κ3) is 4.70. The van der Waals surface area contributed by atoms with Gasteiger partial charge in [0, 0.05) is 17.7 Å². The Morgan fingerprint density at radius 1 is 1.29 bits per heavy atom. The summed E-state index contributed by atoms with van der Waals surface area (Å²) in [6.45, 7) is 8.33. The van der Waals surface area contributed by atoms with Gasteiger partial charge in [-0.2, -0.15) is 0 Å². The standard InChI is InChI=1S/C18H28ClNO/c1-4-20-18(9-8-15-7-5-6-10-21-15)16-11-14(3)17(19)12-13(16)2/h11-12,15,18,20H,4-10H2,1-3H3. The van der Waals surface area contributed by atoms with Crippen molar-refractivity contribution in [2.75, 3.05) is 13.2 Å². The Balaban J connectivity index is 2.05. The van der Waals surface area contributed by atoms with Gasteiger partial charge in [-0.15, -0.1) is 0 Å². The number of benzene rings is 1. The van der Waals surface area contributed by atoms with E-state index in [2.05, 4.69) is 38.2 Å². The second-order valence-corrected chi connectivity index (χ2v) is 6.54. The van der Waals surface area contributed by atoms with Crippen LogP contribution in [0.5, 0.6) is 0 Å². The van der Waals surface area contributed by atoms with E-state index in [9.17, 15) is 0 Å². The summed E-state index contributed by atoms with van der Waals surface area (Å²) in [5.74, 6) is 0. The molecule has 0 amide bonds. The number of nitrogens with one attached hydrogen (secondary N) is 1. The number of aryl methyl sites for hydroxylation is 2. The summed E-state index contributed by atoms with van der Waals surface area (Å²) in [5.41, 5.74) is 3.82. The predicted octanol–water partition coefficient (Wildman–Crippen LogP) is 4.96. The lowest BCUT2D eigenvalue weighted by molar-refractivity contribution is 0.00855. The van der Waals surface area contributed by atoms with E-state index in [1.54, 1.807) is 0 Å². The van der Waals surface area contributed by atoms with Crippen molar-refractivity contribution in [1.29, 1.82) is 0 Å². The molecule has 118 valence electrons. The number of rotatable bonds is 6. The predicted molar refractivity (Wildman–Crippen MR) is 90.2 cm³/mol. The van der Waals surface area contributed by atoms with E-state index >= 15 is 0 Å². The quantitative estimate of drug-likeness (QED) is 0.802. The molecule has 1 aliphatic heterocycles. The molecular formula is C18H28ClNO. The molecular weight excluding hydrogens is 282 g/mol. The minimum Gasteiger partial charge on any atom is -0.378 e. The van der Waals surface area contributed by atoms with Crippen molar-refractivity contribution in [2.24, 2.45) is 0 Å². The van der Waals surface area contributed by atoms with Gasteiger partial charge in [-0.25, -0.2) is 0 Å². The third-order valence-electron chi connectivity index (χ3n) is 4.42. The van der Waals surface area contributed by atoms with E-state index in [0.717, 1.165) is 36.6 Å². The van der Waals surface area contributed by atoms with Crippen molar-refractivity contribution in [3.63, 3.8) is 0 Å². The van der Waals surface area contributed by atoms with Crippen LogP contribution in [0.4, 0.5) is 0 Å². The highest BCUT2D eigenvalue weighted by molar-refractivity contribution is 6.31. The highest BCUT2D eigenvalue weighted by Crippen LogP contribution is 2.29. The highest BCUT2D eigenvalue weighted by Gasteiger charge is 2.19. The van der Waals surface area contributed by atoms with E-state index in [0.29, 0.717) is 12.1 Å². The van der Waals surface area contributed by atoms with Gasteiger partial charge in [0.2, 0.25) is 0 Å². The molecule has 1 saturated heterocycles. The molecule has 1 fully saturated rings. The number of halogens is 1.